The van der Waals surface area contributed by atoms with Crippen LogP contribution in [-0.2, 0) is 13.4 Å². The van der Waals surface area contributed by atoms with Crippen LogP contribution in [0, 0.1) is 0 Å². The molecule has 0 heterocycles. The molecule has 0 aromatic heterocycles. The molecule has 0 saturated heterocycles. The third kappa shape index (κ3) is 18.2. The predicted molar refractivity (Wildman–Crippen MR) is 34.3 cm³/mol. The van der Waals surface area contributed by atoms with Crippen molar-refractivity contribution in [3.63, 3.8) is 0 Å². The van der Waals surface area contributed by atoms with Crippen LogP contribution in [0.5, 0.6) is 0 Å². The van der Waals surface area contributed by atoms with Crippen LogP contribution in [0.15, 0.2) is 0 Å². The maximum Gasteiger partial charge on any atom is 2.00 e. The standard InChI is InChI=1S/Be.Li.H4O7P2.3H/c;;1-8(2,3)7-9(4,5)6;;;/h;;(H2,1,2,3)(H2,4,5,6);;;/q+2;+1;;3*-1. The first kappa shape index (κ1) is 17.9. The maximum absolute atomic E-state index is 9.63. The van der Waals surface area contributed by atoms with Gasteiger partial charge < -0.3 is 23.9 Å². The molecule has 7 nitrogen and oxygen atoms in total. The van der Waals surface area contributed by atoms with E-state index >= 15 is 0 Å². The minimum Gasteiger partial charge on any atom is -1.00 e. The van der Waals surface area contributed by atoms with Gasteiger partial charge in [0, 0.05) is 0 Å². The summed E-state index contributed by atoms with van der Waals surface area (Å²) >= 11 is 0. The van der Waals surface area contributed by atoms with Gasteiger partial charge in [-0.2, -0.15) is 4.31 Å². The quantitative estimate of drug-likeness (QED) is 0.264. The minimum absolute atomic E-state index is 0. The van der Waals surface area contributed by atoms with Crippen LogP contribution >= 0.6 is 15.6 Å². The molecular formula is H7BeLiO7P2. The first-order valence-corrected chi connectivity index (χ1v) is 4.59. The zero-order valence-corrected chi connectivity index (χ0v) is 7.40. The van der Waals surface area contributed by atoms with E-state index < -0.39 is 15.6 Å². The summed E-state index contributed by atoms with van der Waals surface area (Å²) in [4.78, 5) is 31.0. The molecule has 0 bridgehead atoms. The summed E-state index contributed by atoms with van der Waals surface area (Å²) in [5.41, 5.74) is 0. The topological polar surface area (TPSA) is 124 Å². The Bertz CT molecular complexity index is 167. The summed E-state index contributed by atoms with van der Waals surface area (Å²) in [7, 11) is -10.1. The largest absolute Gasteiger partial charge is 2.00 e. The summed E-state index contributed by atoms with van der Waals surface area (Å²) in [6.45, 7) is 0. The molecule has 0 aromatic carbocycles. The van der Waals surface area contributed by atoms with Crippen molar-refractivity contribution in [1.29, 1.82) is 0 Å². The van der Waals surface area contributed by atoms with Crippen LogP contribution in [0.2, 0.25) is 0 Å². The molecular weight excluding hydrogens is 190 g/mol. The normalized spacial score (nSPS) is 11.3. The fraction of sp³-hybridized carbons (Fsp3) is 0. The summed E-state index contributed by atoms with van der Waals surface area (Å²) in [5, 5.41) is 0. The average Bonchev–Trinajstić information content (AvgIpc) is 1.14. The molecule has 0 spiro atoms. The number of hydrogen-bond acceptors (Lipinski definition) is 3. The average molecular weight is 197 g/mol. The van der Waals surface area contributed by atoms with Gasteiger partial charge >= 0.3 is 44.6 Å². The molecule has 0 aliphatic rings. The third-order valence-corrected chi connectivity index (χ3v) is 1.91. The summed E-state index contributed by atoms with van der Waals surface area (Å²) in [6, 6.07) is 0. The van der Waals surface area contributed by atoms with Gasteiger partial charge in [0.05, 0.1) is 0 Å². The van der Waals surface area contributed by atoms with Gasteiger partial charge in [-0.15, -0.1) is 0 Å². The molecule has 11 heavy (non-hydrogen) atoms. The molecule has 62 valence electrons. The van der Waals surface area contributed by atoms with E-state index in [2.05, 4.69) is 4.31 Å². The van der Waals surface area contributed by atoms with Gasteiger partial charge in [-0.05, 0) is 0 Å². The molecule has 0 atom stereocenters. The molecule has 0 saturated carbocycles. The van der Waals surface area contributed by atoms with Crippen LogP contribution in [-0.4, -0.2) is 29.7 Å². The Morgan fingerprint density at radius 3 is 1.18 bits per heavy atom. The van der Waals surface area contributed by atoms with Gasteiger partial charge in [-0.3, -0.25) is 0 Å². The third-order valence-electron chi connectivity index (χ3n) is 0.213. The fourth-order valence-electron chi connectivity index (χ4n) is 0.139. The second-order valence-corrected chi connectivity index (χ2v) is 3.68. The van der Waals surface area contributed by atoms with E-state index in [0.29, 0.717) is 0 Å². The van der Waals surface area contributed by atoms with Crippen molar-refractivity contribution >= 4 is 25.8 Å². The molecule has 11 heteroatoms. The van der Waals surface area contributed by atoms with E-state index in [0.717, 1.165) is 0 Å². The fourth-order valence-corrected chi connectivity index (χ4v) is 1.25. The Morgan fingerprint density at radius 2 is 1.18 bits per heavy atom. The molecule has 0 aliphatic carbocycles. The van der Waals surface area contributed by atoms with E-state index in [9.17, 15) is 9.13 Å². The molecule has 0 amide bonds. The van der Waals surface area contributed by atoms with Crippen molar-refractivity contribution in [1.82, 2.24) is 0 Å². The molecule has 0 fully saturated rings. The van der Waals surface area contributed by atoms with Gasteiger partial charge in [0.25, 0.3) is 0 Å². The van der Waals surface area contributed by atoms with Crippen LogP contribution in [0.1, 0.15) is 4.28 Å². The maximum atomic E-state index is 9.63. The Hall–Kier alpha value is 1.03. The van der Waals surface area contributed by atoms with Crippen molar-refractivity contribution in [2.24, 2.45) is 0 Å². The Kier molecular flexibility index (Phi) is 9.19. The SMILES string of the molecule is O=P(O)(O)OP(=O)(O)O.[Be+2].[H-].[H-].[H-].[Li+]. The van der Waals surface area contributed by atoms with E-state index in [-0.39, 0.29) is 33.3 Å². The predicted octanol–water partition coefficient (Wildman–Crippen LogP) is -3.85. The monoisotopic (exact) mass is 197 g/mol. The Labute approximate surface area is 82.5 Å². The summed E-state index contributed by atoms with van der Waals surface area (Å²) in [6.07, 6.45) is 0. The van der Waals surface area contributed by atoms with Crippen LogP contribution < -0.4 is 18.9 Å². The van der Waals surface area contributed by atoms with Crippen molar-refractivity contribution in [3.05, 3.63) is 0 Å². The van der Waals surface area contributed by atoms with Crippen molar-refractivity contribution in [2.45, 2.75) is 0 Å². The number of hydrogen-bond donors (Lipinski definition) is 4. The minimum atomic E-state index is -5.05. The molecule has 0 unspecified atom stereocenters. The van der Waals surface area contributed by atoms with E-state index in [1.165, 1.54) is 0 Å². The first-order chi connectivity index (χ1) is 3.71. The molecule has 0 radical (unpaired) electrons. The first-order valence-electron chi connectivity index (χ1n) is 1.53. The second kappa shape index (κ2) is 5.63. The van der Waals surface area contributed by atoms with E-state index in [1.807, 2.05) is 0 Å². The molecule has 0 aromatic rings. The molecule has 0 aliphatic heterocycles. The Morgan fingerprint density at radius 1 is 1.00 bits per heavy atom. The van der Waals surface area contributed by atoms with Crippen molar-refractivity contribution in [3.8, 4) is 0 Å². The zero-order valence-electron chi connectivity index (χ0n) is 8.62. The van der Waals surface area contributed by atoms with Gasteiger partial charge in [-0.1, -0.05) is 0 Å². The number of phosphoric acid groups is 2. The van der Waals surface area contributed by atoms with Crippen molar-refractivity contribution < 1.29 is 56.2 Å². The smallest absolute Gasteiger partial charge is 1.00 e. The second-order valence-electron chi connectivity index (χ2n) is 1.06. The van der Waals surface area contributed by atoms with E-state index in [4.69, 9.17) is 19.6 Å². The van der Waals surface area contributed by atoms with E-state index in [1.54, 1.807) is 0 Å². The molecule has 0 rings (SSSR count). The molecule has 4 N–H and O–H groups in total. The summed E-state index contributed by atoms with van der Waals surface area (Å²) in [5.74, 6) is 0. The van der Waals surface area contributed by atoms with Crippen LogP contribution in [0.4, 0.5) is 0 Å². The Balaban J connectivity index is -0.0000000320. The van der Waals surface area contributed by atoms with Gasteiger partial charge in [0.15, 0.2) is 0 Å². The van der Waals surface area contributed by atoms with Gasteiger partial charge in [0.2, 0.25) is 0 Å². The van der Waals surface area contributed by atoms with Gasteiger partial charge in [0.1, 0.15) is 0 Å². The van der Waals surface area contributed by atoms with Gasteiger partial charge in [-0.25, -0.2) is 9.13 Å². The summed E-state index contributed by atoms with van der Waals surface area (Å²) < 4.78 is 22.2. The van der Waals surface area contributed by atoms with Crippen LogP contribution in [0.25, 0.3) is 0 Å². The zero-order chi connectivity index (χ0) is 7.71. The number of rotatable bonds is 2. The van der Waals surface area contributed by atoms with Crippen molar-refractivity contribution in [2.75, 3.05) is 0 Å². The van der Waals surface area contributed by atoms with Crippen LogP contribution in [0.3, 0.4) is 0 Å².